The Morgan fingerprint density at radius 2 is 1.88 bits per heavy atom. The molecule has 1 aromatic heterocycles. The average molecular weight is 454 g/mol. The smallest absolute Gasteiger partial charge is 0.166 e. The van der Waals surface area contributed by atoms with E-state index in [0.29, 0.717) is 58.3 Å². The van der Waals surface area contributed by atoms with Gasteiger partial charge in [0, 0.05) is 12.7 Å². The molecule has 0 spiro atoms. The van der Waals surface area contributed by atoms with Gasteiger partial charge in [0.2, 0.25) is 0 Å². The molecule has 0 unspecified atom stereocenters. The molecule has 7 nitrogen and oxygen atoms in total. The summed E-state index contributed by atoms with van der Waals surface area (Å²) >= 11 is 6.31. The number of para-hydroxylation sites is 1. The van der Waals surface area contributed by atoms with Gasteiger partial charge in [-0.25, -0.2) is 9.97 Å². The third-order valence-corrected chi connectivity index (χ3v) is 5.08. The second-order valence-corrected chi connectivity index (χ2v) is 7.41. The van der Waals surface area contributed by atoms with Crippen LogP contribution in [0.2, 0.25) is 5.02 Å². The summed E-state index contributed by atoms with van der Waals surface area (Å²) in [5, 5.41) is 15.6. The number of nitrogens with zero attached hydrogens (tertiary/aromatic N) is 2. The van der Waals surface area contributed by atoms with Crippen molar-refractivity contribution in [2.24, 2.45) is 0 Å². The zero-order valence-electron chi connectivity index (χ0n) is 18.8. The number of ether oxygens (including phenoxy) is 2. The highest BCUT2D eigenvalue weighted by Gasteiger charge is 2.20. The monoisotopic (exact) mass is 453 g/mol. The summed E-state index contributed by atoms with van der Waals surface area (Å²) in [6, 6.07) is 13.1. The molecule has 1 heterocycles. The number of hydrogen-bond acceptors (Lipinski definition) is 7. The van der Waals surface area contributed by atoms with E-state index < -0.39 is 0 Å². The van der Waals surface area contributed by atoms with Gasteiger partial charge in [0.15, 0.2) is 11.6 Å². The van der Waals surface area contributed by atoms with Crippen molar-refractivity contribution < 1.29 is 9.47 Å². The maximum atomic E-state index is 8.60. The highest BCUT2D eigenvalue weighted by molar-refractivity contribution is 6.32. The number of nitrogens with one attached hydrogen (secondary N) is 3. The van der Waals surface area contributed by atoms with Gasteiger partial charge in [-0.2, -0.15) is 0 Å². The summed E-state index contributed by atoms with van der Waals surface area (Å²) in [6.07, 6.45) is 1.44. The molecule has 0 atom stereocenters. The molecule has 2 aromatic carbocycles. The number of rotatable bonds is 10. The molecule has 3 N–H and O–H groups in total. The third kappa shape index (κ3) is 5.11. The first-order valence-electron chi connectivity index (χ1n) is 10.5. The van der Waals surface area contributed by atoms with E-state index in [1.807, 2.05) is 44.2 Å². The van der Waals surface area contributed by atoms with Crippen LogP contribution >= 0.6 is 11.6 Å². The first-order valence-corrected chi connectivity index (χ1v) is 10.9. The van der Waals surface area contributed by atoms with Gasteiger partial charge in [0.05, 0.1) is 30.0 Å². The Morgan fingerprint density at radius 1 is 1.09 bits per heavy atom. The summed E-state index contributed by atoms with van der Waals surface area (Å²) in [6.45, 7) is 4.50. The molecule has 168 valence electrons. The van der Waals surface area contributed by atoms with E-state index in [4.69, 9.17) is 36.5 Å². The van der Waals surface area contributed by atoms with Gasteiger partial charge in [0.1, 0.15) is 22.9 Å². The highest BCUT2D eigenvalue weighted by Crippen LogP contribution is 2.35. The molecule has 3 aromatic rings. The zero-order valence-corrected chi connectivity index (χ0v) is 19.5. The fourth-order valence-electron chi connectivity index (χ4n) is 3.31. The largest absolute Gasteiger partial charge is 0.495 e. The number of methoxy groups -OCH3 is 1. The van der Waals surface area contributed by atoms with Crippen molar-refractivity contribution >= 4 is 34.5 Å². The van der Waals surface area contributed by atoms with Crippen molar-refractivity contribution in [2.75, 3.05) is 31.4 Å². The summed E-state index contributed by atoms with van der Waals surface area (Å²) in [5.41, 5.74) is 3.13. The molecule has 0 radical (unpaired) electrons. The summed E-state index contributed by atoms with van der Waals surface area (Å²) in [7, 11) is 3.37. The lowest BCUT2D eigenvalue weighted by Gasteiger charge is -2.18. The number of anilines is 3. The minimum Gasteiger partial charge on any atom is -0.495 e. The lowest BCUT2D eigenvalue weighted by Crippen LogP contribution is -2.12. The van der Waals surface area contributed by atoms with E-state index in [9.17, 15) is 0 Å². The normalized spacial score (nSPS) is 10.5. The van der Waals surface area contributed by atoms with Crippen LogP contribution in [-0.2, 0) is 0 Å². The Labute approximate surface area is 193 Å². The number of benzene rings is 2. The number of hydrogen-bond donors (Lipinski definition) is 3. The first kappa shape index (κ1) is 23.3. The Morgan fingerprint density at radius 3 is 2.53 bits per heavy atom. The molecular weight excluding hydrogens is 426 g/mol. The molecule has 0 aliphatic carbocycles. The molecule has 0 aliphatic rings. The average Bonchev–Trinajstić information content (AvgIpc) is 2.79. The first-order chi connectivity index (χ1) is 15.5. The van der Waals surface area contributed by atoms with Crippen LogP contribution in [0.5, 0.6) is 11.5 Å². The molecule has 0 fully saturated rings. The Balaban J connectivity index is 2.16. The fraction of sp³-hybridized carbons (Fsp3) is 0.292. The van der Waals surface area contributed by atoms with Crippen LogP contribution in [0, 0.1) is 5.41 Å². The third-order valence-electron chi connectivity index (χ3n) is 4.79. The van der Waals surface area contributed by atoms with Gasteiger partial charge < -0.3 is 25.5 Å². The Bertz CT molecular complexity index is 1100. The van der Waals surface area contributed by atoms with Gasteiger partial charge in [-0.15, -0.1) is 0 Å². The van der Waals surface area contributed by atoms with Crippen LogP contribution in [0.1, 0.15) is 32.4 Å². The molecule has 32 heavy (non-hydrogen) atoms. The maximum absolute atomic E-state index is 8.60. The van der Waals surface area contributed by atoms with Gasteiger partial charge in [0.25, 0.3) is 0 Å². The lowest BCUT2D eigenvalue weighted by atomic mass is 10.1. The van der Waals surface area contributed by atoms with E-state index in [2.05, 4.69) is 10.6 Å². The Kier molecular flexibility index (Phi) is 7.89. The fourth-order valence-corrected chi connectivity index (χ4v) is 3.57. The van der Waals surface area contributed by atoms with E-state index in [0.717, 1.165) is 17.7 Å². The maximum Gasteiger partial charge on any atom is 0.166 e. The molecule has 0 amide bonds. The minimum atomic E-state index is 0.435. The van der Waals surface area contributed by atoms with E-state index in [1.165, 1.54) is 0 Å². The number of halogens is 1. The topological polar surface area (TPSA) is 92.2 Å². The van der Waals surface area contributed by atoms with Crippen LogP contribution in [0.25, 0.3) is 11.4 Å². The summed E-state index contributed by atoms with van der Waals surface area (Å²) < 4.78 is 11.0. The predicted molar refractivity (Wildman–Crippen MR) is 131 cm³/mol. The van der Waals surface area contributed by atoms with E-state index >= 15 is 0 Å². The lowest BCUT2D eigenvalue weighted by molar-refractivity contribution is 0.341. The number of aromatic nitrogens is 2. The standard InChI is InChI=1S/C24H28ClN5O2/c1-5-9-18(26)21-22(27-3)24(28-15-12-13-20(31-4)17(25)14-15)30-23(29-21)16-10-7-8-11-19(16)32-6-2/h7-8,10-14,26-27H,5-6,9H2,1-4H3,(H,28,29,30). The molecule has 0 bridgehead atoms. The van der Waals surface area contributed by atoms with Gasteiger partial charge in [-0.05, 0) is 43.7 Å². The quantitative estimate of drug-likeness (QED) is 0.318. The van der Waals surface area contributed by atoms with Crippen molar-refractivity contribution in [3.63, 3.8) is 0 Å². The zero-order chi connectivity index (χ0) is 23.1. The SMILES string of the molecule is CCCC(=N)c1nc(-c2ccccc2OCC)nc(Nc2ccc(OC)c(Cl)c2)c1NC. The molecule has 0 saturated carbocycles. The molecule has 8 heteroatoms. The molecule has 0 saturated heterocycles. The van der Waals surface area contributed by atoms with Crippen LogP contribution in [0.4, 0.5) is 17.2 Å². The summed E-state index contributed by atoms with van der Waals surface area (Å²) in [5.74, 6) is 2.30. The molecule has 0 aliphatic heterocycles. The molecule has 3 rings (SSSR count). The molecular formula is C24H28ClN5O2. The minimum absolute atomic E-state index is 0.435. The van der Waals surface area contributed by atoms with Crippen LogP contribution in [0.15, 0.2) is 42.5 Å². The van der Waals surface area contributed by atoms with Crippen molar-refractivity contribution in [2.45, 2.75) is 26.7 Å². The van der Waals surface area contributed by atoms with Crippen molar-refractivity contribution in [3.8, 4) is 22.9 Å². The van der Waals surface area contributed by atoms with Gasteiger partial charge in [-0.1, -0.05) is 37.1 Å². The van der Waals surface area contributed by atoms with Gasteiger partial charge >= 0.3 is 0 Å². The van der Waals surface area contributed by atoms with Gasteiger partial charge in [-0.3, -0.25) is 0 Å². The van der Waals surface area contributed by atoms with E-state index in [-0.39, 0.29) is 0 Å². The van der Waals surface area contributed by atoms with Crippen molar-refractivity contribution in [1.82, 2.24) is 9.97 Å². The predicted octanol–water partition coefficient (Wildman–Crippen LogP) is 6.16. The van der Waals surface area contributed by atoms with Crippen LogP contribution in [-0.4, -0.2) is 36.4 Å². The van der Waals surface area contributed by atoms with E-state index in [1.54, 1.807) is 26.3 Å². The van der Waals surface area contributed by atoms with Crippen LogP contribution in [0.3, 0.4) is 0 Å². The van der Waals surface area contributed by atoms with Crippen molar-refractivity contribution in [3.05, 3.63) is 53.2 Å². The van der Waals surface area contributed by atoms with Crippen molar-refractivity contribution in [1.29, 1.82) is 5.41 Å². The highest BCUT2D eigenvalue weighted by atomic mass is 35.5. The second-order valence-electron chi connectivity index (χ2n) is 7.00. The summed E-state index contributed by atoms with van der Waals surface area (Å²) in [4.78, 5) is 9.55. The van der Waals surface area contributed by atoms with Crippen LogP contribution < -0.4 is 20.1 Å². The Hall–Kier alpha value is -3.32. The second kappa shape index (κ2) is 10.8.